The van der Waals surface area contributed by atoms with E-state index in [4.69, 9.17) is 0 Å². The van der Waals surface area contributed by atoms with E-state index in [1.807, 2.05) is 66.0 Å². The Hall–Kier alpha value is -3.12. The summed E-state index contributed by atoms with van der Waals surface area (Å²) in [6, 6.07) is 18.9. The maximum absolute atomic E-state index is 12.7. The molecular weight excluding hydrogens is 358 g/mol. The van der Waals surface area contributed by atoms with Gasteiger partial charge in [0.1, 0.15) is 0 Å². The smallest absolute Gasteiger partial charge is 0.319 e. The van der Waals surface area contributed by atoms with Crippen molar-refractivity contribution in [1.29, 1.82) is 0 Å². The molecule has 0 bridgehead atoms. The topological polar surface area (TPSA) is 61.4 Å². The van der Waals surface area contributed by atoms with Crippen molar-refractivity contribution in [1.82, 2.24) is 5.32 Å². The molecule has 1 aliphatic rings. The Labute approximate surface area is 161 Å². The molecule has 2 aromatic carbocycles. The molecule has 0 unspecified atom stereocenters. The molecule has 1 aromatic heterocycles. The number of amides is 3. The van der Waals surface area contributed by atoms with E-state index in [1.165, 1.54) is 11.3 Å². The molecule has 0 saturated carbocycles. The first-order valence-corrected chi connectivity index (χ1v) is 9.66. The molecule has 27 heavy (non-hydrogen) atoms. The number of rotatable bonds is 4. The van der Waals surface area contributed by atoms with Gasteiger partial charge >= 0.3 is 6.03 Å². The van der Waals surface area contributed by atoms with E-state index in [2.05, 4.69) is 10.6 Å². The monoisotopic (exact) mass is 377 g/mol. The fourth-order valence-corrected chi connectivity index (χ4v) is 3.83. The van der Waals surface area contributed by atoms with Crippen LogP contribution < -0.4 is 15.5 Å². The minimum Gasteiger partial charge on any atom is -0.334 e. The molecular formula is C21H19N3O2S. The molecule has 4 rings (SSSR count). The average Bonchev–Trinajstić information content (AvgIpc) is 3.36. The number of hydrogen-bond donors (Lipinski definition) is 2. The lowest BCUT2D eigenvalue weighted by Gasteiger charge is -2.17. The number of hydrogen-bond acceptors (Lipinski definition) is 3. The molecule has 0 spiro atoms. The maximum atomic E-state index is 12.7. The van der Waals surface area contributed by atoms with Crippen LogP contribution in [0.2, 0.25) is 0 Å². The van der Waals surface area contributed by atoms with E-state index in [-0.39, 0.29) is 11.9 Å². The summed E-state index contributed by atoms with van der Waals surface area (Å²) in [4.78, 5) is 27.4. The Kier molecular flexibility index (Phi) is 4.89. The van der Waals surface area contributed by atoms with E-state index >= 15 is 0 Å². The van der Waals surface area contributed by atoms with E-state index in [9.17, 15) is 9.59 Å². The summed E-state index contributed by atoms with van der Waals surface area (Å²) >= 11 is 1.44. The largest absolute Gasteiger partial charge is 0.334 e. The Morgan fingerprint density at radius 2 is 1.89 bits per heavy atom. The molecule has 3 aromatic rings. The zero-order chi connectivity index (χ0) is 18.6. The van der Waals surface area contributed by atoms with Gasteiger partial charge in [0.2, 0.25) is 0 Å². The van der Waals surface area contributed by atoms with Gasteiger partial charge in [-0.1, -0.05) is 42.5 Å². The van der Waals surface area contributed by atoms with Crippen molar-refractivity contribution in [3.63, 3.8) is 0 Å². The van der Waals surface area contributed by atoms with Crippen LogP contribution in [0.1, 0.15) is 20.8 Å². The fraction of sp³-hybridized carbons (Fsp3) is 0.143. The highest BCUT2D eigenvalue weighted by molar-refractivity contribution is 7.12. The van der Waals surface area contributed by atoms with Crippen LogP contribution in [0, 0.1) is 0 Å². The number of nitrogens with one attached hydrogen (secondary N) is 2. The highest BCUT2D eigenvalue weighted by Crippen LogP contribution is 2.32. The first-order chi connectivity index (χ1) is 13.2. The minimum absolute atomic E-state index is 0.00873. The van der Waals surface area contributed by atoms with Crippen LogP contribution in [0.5, 0.6) is 0 Å². The van der Waals surface area contributed by atoms with Crippen LogP contribution in [-0.4, -0.2) is 18.5 Å². The summed E-state index contributed by atoms with van der Waals surface area (Å²) in [5, 5.41) is 7.60. The SMILES string of the molecule is O=C(NCc1ccccc1)Nc1ccc2c(c1)N(C(=O)c1cccs1)CC2. The number of fused-ring (bicyclic) bond motifs is 1. The molecule has 1 aliphatic heterocycles. The fourth-order valence-electron chi connectivity index (χ4n) is 3.15. The van der Waals surface area contributed by atoms with E-state index < -0.39 is 0 Å². The predicted octanol–water partition coefficient (Wildman–Crippen LogP) is 4.27. The summed E-state index contributed by atoms with van der Waals surface area (Å²) < 4.78 is 0. The Bertz CT molecular complexity index is 955. The molecule has 2 heterocycles. The van der Waals surface area contributed by atoms with Crippen LogP contribution in [-0.2, 0) is 13.0 Å². The van der Waals surface area contributed by atoms with Crippen LogP contribution in [0.25, 0.3) is 0 Å². The third-order valence-corrected chi connectivity index (χ3v) is 5.37. The summed E-state index contributed by atoms with van der Waals surface area (Å²) in [5.41, 5.74) is 3.70. The number of nitrogens with zero attached hydrogens (tertiary/aromatic N) is 1. The Morgan fingerprint density at radius 1 is 1.04 bits per heavy atom. The van der Waals surface area contributed by atoms with Crippen LogP contribution in [0.15, 0.2) is 66.0 Å². The second-order valence-corrected chi connectivity index (χ2v) is 7.27. The molecule has 0 fully saturated rings. The van der Waals surface area contributed by atoms with E-state index in [0.29, 0.717) is 18.8 Å². The molecule has 0 aliphatic carbocycles. The van der Waals surface area contributed by atoms with Gasteiger partial charge in [-0.3, -0.25) is 4.79 Å². The average molecular weight is 377 g/mol. The Balaban J connectivity index is 1.44. The van der Waals surface area contributed by atoms with Crippen molar-refractivity contribution in [2.45, 2.75) is 13.0 Å². The van der Waals surface area contributed by atoms with Gasteiger partial charge in [-0.15, -0.1) is 11.3 Å². The molecule has 6 heteroatoms. The number of anilines is 2. The van der Waals surface area contributed by atoms with Crippen LogP contribution >= 0.6 is 11.3 Å². The minimum atomic E-state index is -0.270. The Morgan fingerprint density at radius 3 is 2.67 bits per heavy atom. The second-order valence-electron chi connectivity index (χ2n) is 6.32. The van der Waals surface area contributed by atoms with Gasteiger partial charge in [0.15, 0.2) is 0 Å². The number of benzene rings is 2. The normalized spacial score (nSPS) is 12.5. The number of thiophene rings is 1. The summed E-state index contributed by atoms with van der Waals surface area (Å²) in [5.74, 6) is 0.00873. The van der Waals surface area contributed by atoms with Gasteiger partial charge in [-0.05, 0) is 41.1 Å². The standard InChI is InChI=1S/C21H19N3O2S/c25-20(19-7-4-12-27-19)24-11-10-16-8-9-17(13-18(16)24)23-21(26)22-14-15-5-2-1-3-6-15/h1-9,12-13H,10-11,14H2,(H2,22,23,26). The van der Waals surface area contributed by atoms with Crippen molar-refractivity contribution in [2.24, 2.45) is 0 Å². The molecule has 5 nitrogen and oxygen atoms in total. The molecule has 0 radical (unpaired) electrons. The lowest BCUT2D eigenvalue weighted by atomic mass is 10.1. The van der Waals surface area contributed by atoms with Gasteiger partial charge in [-0.25, -0.2) is 4.79 Å². The number of urea groups is 1. The number of carbonyl (C=O) groups excluding carboxylic acids is 2. The number of carbonyl (C=O) groups is 2. The molecule has 0 saturated heterocycles. The molecule has 0 atom stereocenters. The van der Waals surface area contributed by atoms with Crippen molar-refractivity contribution in [3.05, 3.63) is 82.0 Å². The van der Waals surface area contributed by atoms with Gasteiger partial charge in [-0.2, -0.15) is 0 Å². The van der Waals surface area contributed by atoms with Gasteiger partial charge in [0.25, 0.3) is 5.91 Å². The third-order valence-electron chi connectivity index (χ3n) is 4.51. The quantitative estimate of drug-likeness (QED) is 0.713. The molecule has 136 valence electrons. The van der Waals surface area contributed by atoms with Crippen molar-refractivity contribution in [2.75, 3.05) is 16.8 Å². The summed E-state index contributed by atoms with van der Waals surface area (Å²) in [6.07, 6.45) is 0.826. The molecule has 3 amide bonds. The second kappa shape index (κ2) is 7.63. The highest BCUT2D eigenvalue weighted by Gasteiger charge is 2.26. The van der Waals surface area contributed by atoms with E-state index in [0.717, 1.165) is 28.1 Å². The third kappa shape index (κ3) is 3.85. The van der Waals surface area contributed by atoms with Crippen molar-refractivity contribution >= 4 is 34.6 Å². The van der Waals surface area contributed by atoms with Crippen LogP contribution in [0.3, 0.4) is 0 Å². The van der Waals surface area contributed by atoms with Gasteiger partial charge in [0.05, 0.1) is 4.88 Å². The summed E-state index contributed by atoms with van der Waals surface area (Å²) in [6.45, 7) is 1.12. The highest BCUT2D eigenvalue weighted by atomic mass is 32.1. The lowest BCUT2D eigenvalue weighted by molar-refractivity contribution is 0.0993. The summed E-state index contributed by atoms with van der Waals surface area (Å²) in [7, 11) is 0. The van der Waals surface area contributed by atoms with Crippen LogP contribution in [0.4, 0.5) is 16.2 Å². The predicted molar refractivity (Wildman–Crippen MR) is 108 cm³/mol. The molecule has 2 N–H and O–H groups in total. The zero-order valence-corrected chi connectivity index (χ0v) is 15.5. The zero-order valence-electron chi connectivity index (χ0n) is 14.6. The van der Waals surface area contributed by atoms with Gasteiger partial charge in [0, 0.05) is 24.5 Å². The maximum Gasteiger partial charge on any atom is 0.319 e. The first kappa shape index (κ1) is 17.3. The first-order valence-electron chi connectivity index (χ1n) is 8.78. The van der Waals surface area contributed by atoms with Gasteiger partial charge < -0.3 is 15.5 Å². The van der Waals surface area contributed by atoms with Crippen molar-refractivity contribution in [3.8, 4) is 0 Å². The van der Waals surface area contributed by atoms with Crippen molar-refractivity contribution < 1.29 is 9.59 Å². The lowest BCUT2D eigenvalue weighted by Crippen LogP contribution is -2.29. The van der Waals surface area contributed by atoms with E-state index in [1.54, 1.807) is 4.90 Å².